The molecule has 0 saturated carbocycles. The van der Waals surface area contributed by atoms with Gasteiger partial charge in [0.05, 0.1) is 11.1 Å². The van der Waals surface area contributed by atoms with Crippen molar-refractivity contribution >= 4 is 29.4 Å². The van der Waals surface area contributed by atoms with Crippen LogP contribution in [-0.4, -0.2) is 17.0 Å². The fraction of sp³-hybridized carbons (Fsp3) is 0.0476. The summed E-state index contributed by atoms with van der Waals surface area (Å²) in [6.45, 7) is 0.397. The fourth-order valence-corrected chi connectivity index (χ4v) is 2.52. The Bertz CT molecular complexity index is 1030. The number of halogens is 1. The zero-order valence-corrected chi connectivity index (χ0v) is 15.9. The van der Waals surface area contributed by atoms with Crippen LogP contribution in [0.25, 0.3) is 0 Å². The molecule has 3 rings (SSSR count). The van der Waals surface area contributed by atoms with Gasteiger partial charge in [-0.05, 0) is 47.5 Å². The third kappa shape index (κ3) is 5.88. The molecule has 0 aliphatic carbocycles. The monoisotopic (exact) mass is 409 g/mol. The standard InChI is InChI=1S/C21H16ClN3O4/c22-18-8-4-15(5-9-18)14-29-20-3-1-2-16(12-20)13-23-24-21(26)17-6-10-19(11-7-17)25(27)28/h1-13H,14H2,(H,24,26)/b23-13-. The first-order valence-corrected chi connectivity index (χ1v) is 8.94. The van der Waals surface area contributed by atoms with Gasteiger partial charge in [-0.1, -0.05) is 35.9 Å². The number of carbonyl (C=O) groups excluding carboxylic acids is 1. The van der Waals surface area contributed by atoms with Crippen LogP contribution in [0.5, 0.6) is 5.75 Å². The van der Waals surface area contributed by atoms with Crippen LogP contribution in [0.4, 0.5) is 5.69 Å². The Morgan fingerprint density at radius 1 is 1.10 bits per heavy atom. The maximum atomic E-state index is 12.0. The SMILES string of the molecule is O=C(N/N=C\c1cccc(OCc2ccc(Cl)cc2)c1)c1ccc([N+](=O)[O-])cc1. The number of benzene rings is 3. The lowest BCUT2D eigenvalue weighted by atomic mass is 10.2. The summed E-state index contributed by atoms with van der Waals surface area (Å²) in [5, 5.41) is 15.2. The maximum Gasteiger partial charge on any atom is 0.271 e. The van der Waals surface area contributed by atoms with E-state index in [1.54, 1.807) is 18.2 Å². The molecule has 0 bridgehead atoms. The molecule has 0 fully saturated rings. The highest BCUT2D eigenvalue weighted by molar-refractivity contribution is 6.30. The van der Waals surface area contributed by atoms with E-state index in [0.29, 0.717) is 17.4 Å². The number of nitrogens with zero attached hydrogens (tertiary/aromatic N) is 2. The fourth-order valence-electron chi connectivity index (χ4n) is 2.40. The van der Waals surface area contributed by atoms with Gasteiger partial charge >= 0.3 is 0 Å². The molecule has 1 N–H and O–H groups in total. The molecular weight excluding hydrogens is 394 g/mol. The van der Waals surface area contributed by atoms with Gasteiger partial charge in [-0.3, -0.25) is 14.9 Å². The van der Waals surface area contributed by atoms with Gasteiger partial charge in [-0.25, -0.2) is 5.43 Å². The van der Waals surface area contributed by atoms with Gasteiger partial charge in [0.2, 0.25) is 0 Å². The van der Waals surface area contributed by atoms with Crippen LogP contribution in [0.2, 0.25) is 5.02 Å². The van der Waals surface area contributed by atoms with Gasteiger partial charge in [0.1, 0.15) is 12.4 Å². The summed E-state index contributed by atoms with van der Waals surface area (Å²) in [5.41, 5.74) is 4.30. The third-order valence-electron chi connectivity index (χ3n) is 3.90. The average Bonchev–Trinajstić information content (AvgIpc) is 2.73. The molecule has 1 amide bonds. The highest BCUT2D eigenvalue weighted by atomic mass is 35.5. The Labute approximate surface area is 171 Å². The molecule has 0 aliphatic heterocycles. The molecule has 0 saturated heterocycles. The van der Waals surface area contributed by atoms with Crippen molar-refractivity contribution in [3.8, 4) is 5.75 Å². The third-order valence-corrected chi connectivity index (χ3v) is 4.15. The minimum Gasteiger partial charge on any atom is -0.489 e. The van der Waals surface area contributed by atoms with Crippen LogP contribution < -0.4 is 10.2 Å². The van der Waals surface area contributed by atoms with Crippen LogP contribution in [0.3, 0.4) is 0 Å². The minimum atomic E-state index is -0.526. The lowest BCUT2D eigenvalue weighted by Crippen LogP contribution is -2.17. The van der Waals surface area contributed by atoms with E-state index in [2.05, 4.69) is 10.5 Å². The summed E-state index contributed by atoms with van der Waals surface area (Å²) in [5.74, 6) is 0.192. The summed E-state index contributed by atoms with van der Waals surface area (Å²) in [6.07, 6.45) is 1.48. The van der Waals surface area contributed by atoms with Crippen molar-refractivity contribution in [2.24, 2.45) is 5.10 Å². The van der Waals surface area contributed by atoms with E-state index in [1.807, 2.05) is 30.3 Å². The van der Waals surface area contributed by atoms with E-state index < -0.39 is 10.8 Å². The van der Waals surface area contributed by atoms with Gasteiger partial charge in [0.15, 0.2) is 0 Å². The number of hydrazone groups is 1. The van der Waals surface area contributed by atoms with Crippen molar-refractivity contribution in [3.05, 3.63) is 105 Å². The maximum absolute atomic E-state index is 12.0. The highest BCUT2D eigenvalue weighted by Gasteiger charge is 2.08. The van der Waals surface area contributed by atoms with Crippen molar-refractivity contribution in [1.82, 2.24) is 5.43 Å². The second kappa shape index (κ2) is 9.48. The van der Waals surface area contributed by atoms with Crippen molar-refractivity contribution in [2.45, 2.75) is 6.61 Å². The predicted octanol–water partition coefficient (Wildman–Crippen LogP) is 4.59. The average molecular weight is 410 g/mol. The molecule has 7 nitrogen and oxygen atoms in total. The van der Waals surface area contributed by atoms with E-state index >= 15 is 0 Å². The van der Waals surface area contributed by atoms with Gasteiger partial charge < -0.3 is 4.74 Å². The number of nitrogens with one attached hydrogen (secondary N) is 1. The number of nitro benzene ring substituents is 1. The Balaban J connectivity index is 1.56. The van der Waals surface area contributed by atoms with Crippen molar-refractivity contribution in [2.75, 3.05) is 0 Å². The first-order chi connectivity index (χ1) is 14.0. The molecule has 0 aromatic heterocycles. The Morgan fingerprint density at radius 3 is 2.52 bits per heavy atom. The van der Waals surface area contributed by atoms with Gasteiger partial charge in [-0.15, -0.1) is 0 Å². The smallest absolute Gasteiger partial charge is 0.271 e. The molecule has 0 atom stereocenters. The molecule has 3 aromatic carbocycles. The largest absolute Gasteiger partial charge is 0.489 e. The van der Waals surface area contributed by atoms with Gasteiger partial charge in [-0.2, -0.15) is 5.10 Å². The lowest BCUT2D eigenvalue weighted by molar-refractivity contribution is -0.384. The second-order valence-corrected chi connectivity index (χ2v) is 6.43. The highest BCUT2D eigenvalue weighted by Crippen LogP contribution is 2.16. The molecule has 0 aliphatic rings. The van der Waals surface area contributed by atoms with Crippen LogP contribution in [0, 0.1) is 10.1 Å². The van der Waals surface area contributed by atoms with E-state index in [4.69, 9.17) is 16.3 Å². The molecule has 8 heteroatoms. The quantitative estimate of drug-likeness (QED) is 0.351. The first-order valence-electron chi connectivity index (χ1n) is 8.56. The summed E-state index contributed by atoms with van der Waals surface area (Å²) >= 11 is 5.87. The molecule has 0 radical (unpaired) electrons. The number of nitro groups is 1. The van der Waals surface area contributed by atoms with Crippen LogP contribution in [0.1, 0.15) is 21.5 Å². The normalized spacial score (nSPS) is 10.7. The summed E-state index contributed by atoms with van der Waals surface area (Å²) in [7, 11) is 0. The topological polar surface area (TPSA) is 93.8 Å². The molecule has 146 valence electrons. The molecule has 3 aromatic rings. The number of carbonyl (C=O) groups is 1. The van der Waals surface area contributed by atoms with E-state index in [1.165, 1.54) is 30.5 Å². The Kier molecular flexibility index (Phi) is 6.55. The minimum absolute atomic E-state index is 0.0829. The summed E-state index contributed by atoms with van der Waals surface area (Å²) in [4.78, 5) is 22.2. The summed E-state index contributed by atoms with van der Waals surface area (Å²) in [6, 6.07) is 19.9. The Morgan fingerprint density at radius 2 is 1.83 bits per heavy atom. The van der Waals surface area contributed by atoms with E-state index in [-0.39, 0.29) is 11.3 Å². The number of ether oxygens (including phenoxy) is 1. The number of amides is 1. The zero-order chi connectivity index (χ0) is 20.6. The molecule has 0 spiro atoms. The number of hydrogen-bond donors (Lipinski definition) is 1. The van der Waals surface area contributed by atoms with Gasteiger partial charge in [0, 0.05) is 22.7 Å². The second-order valence-electron chi connectivity index (χ2n) is 5.99. The zero-order valence-electron chi connectivity index (χ0n) is 15.1. The van der Waals surface area contributed by atoms with Crippen molar-refractivity contribution in [1.29, 1.82) is 0 Å². The molecule has 29 heavy (non-hydrogen) atoms. The number of hydrogen-bond acceptors (Lipinski definition) is 5. The van der Waals surface area contributed by atoms with Crippen LogP contribution in [0.15, 0.2) is 77.9 Å². The molecular formula is C21H16ClN3O4. The first kappa shape index (κ1) is 20.0. The predicted molar refractivity (Wildman–Crippen MR) is 110 cm³/mol. The number of rotatable bonds is 7. The Hall–Kier alpha value is -3.71. The summed E-state index contributed by atoms with van der Waals surface area (Å²) < 4.78 is 5.75. The van der Waals surface area contributed by atoms with E-state index in [0.717, 1.165) is 11.1 Å². The lowest BCUT2D eigenvalue weighted by Gasteiger charge is -2.07. The molecule has 0 unspecified atom stereocenters. The van der Waals surface area contributed by atoms with Crippen LogP contribution >= 0.6 is 11.6 Å². The van der Waals surface area contributed by atoms with Crippen molar-refractivity contribution in [3.63, 3.8) is 0 Å². The van der Waals surface area contributed by atoms with Crippen LogP contribution in [-0.2, 0) is 6.61 Å². The van der Waals surface area contributed by atoms with E-state index in [9.17, 15) is 14.9 Å². The van der Waals surface area contributed by atoms with Crippen molar-refractivity contribution < 1.29 is 14.5 Å². The number of non-ortho nitro benzene ring substituents is 1. The molecule has 0 heterocycles. The van der Waals surface area contributed by atoms with Gasteiger partial charge in [0.25, 0.3) is 11.6 Å².